The number of nitrogens with one attached hydrogen (secondary N) is 1. The summed E-state index contributed by atoms with van der Waals surface area (Å²) in [7, 11) is 3.78. The molecule has 5 nitrogen and oxygen atoms in total. The molecule has 18 heavy (non-hydrogen) atoms. The highest BCUT2D eigenvalue weighted by molar-refractivity contribution is 6.28. The number of nitrogens with zero attached hydrogens (tertiary/aromatic N) is 4. The van der Waals surface area contributed by atoms with Gasteiger partial charge < -0.3 is 10.2 Å². The smallest absolute Gasteiger partial charge is 0.230 e. The zero-order chi connectivity index (χ0) is 12.8. The molecule has 0 aliphatic heterocycles. The molecule has 0 amide bonds. The molecule has 0 bridgehead atoms. The van der Waals surface area contributed by atoms with E-state index in [9.17, 15) is 0 Å². The first-order valence-corrected chi connectivity index (χ1v) is 6.80. The highest BCUT2D eigenvalue weighted by Crippen LogP contribution is 2.61. The van der Waals surface area contributed by atoms with Crippen molar-refractivity contribution >= 4 is 23.5 Å². The molecule has 2 aliphatic rings. The third-order valence-corrected chi connectivity index (χ3v) is 4.10. The Morgan fingerprint density at radius 2 is 2.00 bits per heavy atom. The van der Waals surface area contributed by atoms with Crippen LogP contribution < -0.4 is 10.2 Å². The Morgan fingerprint density at radius 3 is 2.56 bits per heavy atom. The maximum Gasteiger partial charge on any atom is 0.230 e. The molecule has 1 N–H and O–H groups in total. The molecule has 1 heterocycles. The van der Waals surface area contributed by atoms with Crippen molar-refractivity contribution in [2.24, 2.45) is 11.3 Å². The Balaban J connectivity index is 1.68. The van der Waals surface area contributed by atoms with E-state index < -0.39 is 0 Å². The molecule has 1 aromatic heterocycles. The summed E-state index contributed by atoms with van der Waals surface area (Å²) in [6, 6.07) is 0. The van der Waals surface area contributed by atoms with Crippen molar-refractivity contribution in [2.75, 3.05) is 30.9 Å². The molecule has 2 saturated carbocycles. The molecule has 3 rings (SSSR count). The maximum atomic E-state index is 5.91. The molecule has 0 saturated heterocycles. The molecule has 6 heteroatoms. The van der Waals surface area contributed by atoms with Crippen molar-refractivity contribution in [3.63, 3.8) is 0 Å². The van der Waals surface area contributed by atoms with E-state index in [-0.39, 0.29) is 5.28 Å². The molecular formula is C12H18ClN5. The lowest BCUT2D eigenvalue weighted by atomic mass is 10.0. The van der Waals surface area contributed by atoms with E-state index in [1.165, 1.54) is 25.7 Å². The van der Waals surface area contributed by atoms with Gasteiger partial charge in [0.15, 0.2) is 0 Å². The van der Waals surface area contributed by atoms with Crippen molar-refractivity contribution in [1.29, 1.82) is 0 Å². The lowest BCUT2D eigenvalue weighted by molar-refractivity contribution is 0.465. The molecule has 0 spiro atoms. The van der Waals surface area contributed by atoms with Gasteiger partial charge in [-0.2, -0.15) is 15.0 Å². The topological polar surface area (TPSA) is 53.9 Å². The van der Waals surface area contributed by atoms with Crippen LogP contribution in [0.1, 0.15) is 25.7 Å². The summed E-state index contributed by atoms with van der Waals surface area (Å²) < 4.78 is 0. The van der Waals surface area contributed by atoms with E-state index >= 15 is 0 Å². The number of anilines is 2. The van der Waals surface area contributed by atoms with Gasteiger partial charge in [-0.15, -0.1) is 0 Å². The highest BCUT2D eigenvalue weighted by Gasteiger charge is 2.53. The quantitative estimate of drug-likeness (QED) is 0.886. The van der Waals surface area contributed by atoms with Crippen LogP contribution in [-0.4, -0.2) is 35.6 Å². The van der Waals surface area contributed by atoms with Crippen molar-refractivity contribution in [1.82, 2.24) is 15.0 Å². The average Bonchev–Trinajstić information content (AvgIpc) is 3.17. The van der Waals surface area contributed by atoms with Crippen LogP contribution in [0.4, 0.5) is 11.9 Å². The molecule has 0 atom stereocenters. The van der Waals surface area contributed by atoms with E-state index in [1.807, 2.05) is 19.0 Å². The Hall–Kier alpha value is -1.10. The van der Waals surface area contributed by atoms with Crippen molar-refractivity contribution < 1.29 is 0 Å². The monoisotopic (exact) mass is 267 g/mol. The van der Waals surface area contributed by atoms with Crippen LogP contribution in [-0.2, 0) is 0 Å². The molecule has 98 valence electrons. The van der Waals surface area contributed by atoms with Crippen LogP contribution in [0, 0.1) is 11.3 Å². The first-order valence-electron chi connectivity index (χ1n) is 6.42. The lowest BCUT2D eigenvalue weighted by Gasteiger charge is -2.16. The molecule has 2 fully saturated rings. The summed E-state index contributed by atoms with van der Waals surface area (Å²) in [4.78, 5) is 14.4. The number of aromatic nitrogens is 3. The van der Waals surface area contributed by atoms with Crippen molar-refractivity contribution in [2.45, 2.75) is 25.7 Å². The summed E-state index contributed by atoms with van der Waals surface area (Å²) in [6.45, 7) is 0.963. The van der Waals surface area contributed by atoms with Gasteiger partial charge in [0.1, 0.15) is 0 Å². The van der Waals surface area contributed by atoms with Crippen LogP contribution in [0.15, 0.2) is 0 Å². The fourth-order valence-corrected chi connectivity index (χ4v) is 2.62. The molecule has 0 radical (unpaired) electrons. The second-order valence-electron chi connectivity index (χ2n) is 5.61. The van der Waals surface area contributed by atoms with Gasteiger partial charge in [0.2, 0.25) is 17.2 Å². The van der Waals surface area contributed by atoms with Crippen LogP contribution >= 0.6 is 11.6 Å². The molecule has 0 unspecified atom stereocenters. The number of hydrogen-bond acceptors (Lipinski definition) is 5. The van der Waals surface area contributed by atoms with Crippen LogP contribution in [0.3, 0.4) is 0 Å². The first-order chi connectivity index (χ1) is 8.59. The van der Waals surface area contributed by atoms with Gasteiger partial charge in [-0.1, -0.05) is 0 Å². The van der Waals surface area contributed by atoms with Gasteiger partial charge in [-0.05, 0) is 48.6 Å². The summed E-state index contributed by atoms with van der Waals surface area (Å²) in [5.41, 5.74) is 0.525. The molecule has 2 aliphatic carbocycles. The average molecular weight is 268 g/mol. The SMILES string of the molecule is CN(C)c1nc(Cl)nc(NCC2(C3CC3)CC2)n1. The standard InChI is InChI=1S/C12H18ClN5/c1-18(2)11-16-9(13)15-10(17-11)14-7-12(5-6-12)8-3-4-8/h8H,3-7H2,1-2H3,(H,14,15,16,17). The van der Waals surface area contributed by atoms with Gasteiger partial charge in [0.25, 0.3) is 0 Å². The Kier molecular flexibility index (Phi) is 2.81. The Bertz CT molecular complexity index is 454. The van der Waals surface area contributed by atoms with Gasteiger partial charge >= 0.3 is 0 Å². The minimum Gasteiger partial charge on any atom is -0.353 e. The second-order valence-corrected chi connectivity index (χ2v) is 5.95. The summed E-state index contributed by atoms with van der Waals surface area (Å²) in [5, 5.41) is 3.57. The predicted molar refractivity (Wildman–Crippen MR) is 72.0 cm³/mol. The fourth-order valence-electron chi connectivity index (χ4n) is 2.46. The minimum atomic E-state index is 0.243. The Morgan fingerprint density at radius 1 is 1.28 bits per heavy atom. The largest absolute Gasteiger partial charge is 0.353 e. The maximum absolute atomic E-state index is 5.91. The van der Waals surface area contributed by atoms with Crippen LogP contribution in [0.25, 0.3) is 0 Å². The van der Waals surface area contributed by atoms with Crippen molar-refractivity contribution in [3.05, 3.63) is 5.28 Å². The van der Waals surface area contributed by atoms with E-state index in [0.29, 0.717) is 17.3 Å². The van der Waals surface area contributed by atoms with Gasteiger partial charge in [0.05, 0.1) is 0 Å². The molecule has 1 aromatic rings. The molecular weight excluding hydrogens is 250 g/mol. The number of rotatable bonds is 5. The lowest BCUT2D eigenvalue weighted by Crippen LogP contribution is -2.20. The Labute approximate surface area is 112 Å². The van der Waals surface area contributed by atoms with Gasteiger partial charge in [0, 0.05) is 20.6 Å². The van der Waals surface area contributed by atoms with E-state index in [1.54, 1.807) is 0 Å². The zero-order valence-corrected chi connectivity index (χ0v) is 11.5. The third kappa shape index (κ3) is 2.36. The summed E-state index contributed by atoms with van der Waals surface area (Å²) >= 11 is 5.91. The van der Waals surface area contributed by atoms with Crippen LogP contribution in [0.5, 0.6) is 0 Å². The zero-order valence-electron chi connectivity index (χ0n) is 10.8. The third-order valence-electron chi connectivity index (χ3n) is 3.93. The first kappa shape index (κ1) is 12.0. The predicted octanol–water partition coefficient (Wildman–Crippen LogP) is 2.19. The minimum absolute atomic E-state index is 0.243. The van der Waals surface area contributed by atoms with Gasteiger partial charge in [-0.3, -0.25) is 0 Å². The fraction of sp³-hybridized carbons (Fsp3) is 0.750. The summed E-state index contributed by atoms with van der Waals surface area (Å²) in [6.07, 6.45) is 5.46. The second kappa shape index (κ2) is 4.23. The van der Waals surface area contributed by atoms with E-state index in [4.69, 9.17) is 11.6 Å². The normalized spacial score (nSPS) is 20.6. The number of hydrogen-bond donors (Lipinski definition) is 1. The van der Waals surface area contributed by atoms with Gasteiger partial charge in [-0.25, -0.2) is 0 Å². The van der Waals surface area contributed by atoms with Crippen molar-refractivity contribution in [3.8, 4) is 0 Å². The van der Waals surface area contributed by atoms with E-state index in [2.05, 4.69) is 20.3 Å². The van der Waals surface area contributed by atoms with E-state index in [0.717, 1.165) is 12.5 Å². The highest BCUT2D eigenvalue weighted by atomic mass is 35.5. The molecule has 0 aromatic carbocycles. The number of halogens is 1. The van der Waals surface area contributed by atoms with Crippen LogP contribution in [0.2, 0.25) is 5.28 Å². The summed E-state index contributed by atoms with van der Waals surface area (Å²) in [5.74, 6) is 2.11.